The predicted molar refractivity (Wildman–Crippen MR) is 139 cm³/mol. The van der Waals surface area contributed by atoms with Crippen LogP contribution in [0.25, 0.3) is 11.1 Å². The average molecular weight is 484 g/mol. The summed E-state index contributed by atoms with van der Waals surface area (Å²) < 4.78 is 1.72. The minimum atomic E-state index is -0.367. The Hall–Kier alpha value is -3.92. The minimum Gasteiger partial charge on any atom is -0.325 e. The smallest absolute Gasteiger partial charge is 0.233 e. The van der Waals surface area contributed by atoms with Gasteiger partial charge in [-0.05, 0) is 48.4 Å². The van der Waals surface area contributed by atoms with Crippen molar-refractivity contribution >= 4 is 23.2 Å². The van der Waals surface area contributed by atoms with E-state index in [1.54, 1.807) is 16.9 Å². The summed E-state index contributed by atoms with van der Waals surface area (Å²) in [4.78, 5) is 13.3. The standard InChI is InChI=1S/C28H26ClN5O/c1-34-19-23(17-32-34)25-12-11-24(15-27(25)29)33-28(35)26(22-5-3-2-4-6-22)18-31-14-13-20-7-9-21(16-30)10-8-20/h2-12,15,17,19,26,31H,13-14,18H2,1H3,(H,33,35). The zero-order valence-corrected chi connectivity index (χ0v) is 20.2. The van der Waals surface area contributed by atoms with Crippen LogP contribution in [-0.2, 0) is 18.3 Å². The molecule has 4 aromatic rings. The molecule has 0 saturated heterocycles. The number of carbonyl (C=O) groups excluding carboxylic acids is 1. The molecule has 3 aromatic carbocycles. The second kappa shape index (κ2) is 11.5. The summed E-state index contributed by atoms with van der Waals surface area (Å²) in [6, 6.07) is 24.9. The number of nitriles is 1. The number of amides is 1. The summed E-state index contributed by atoms with van der Waals surface area (Å²) >= 11 is 6.51. The van der Waals surface area contributed by atoms with E-state index in [1.807, 2.05) is 80.0 Å². The van der Waals surface area contributed by atoms with Gasteiger partial charge in [0.05, 0.1) is 28.8 Å². The van der Waals surface area contributed by atoms with Crippen molar-refractivity contribution in [2.75, 3.05) is 18.4 Å². The molecule has 0 aliphatic heterocycles. The van der Waals surface area contributed by atoms with Crippen LogP contribution in [0.5, 0.6) is 0 Å². The quantitative estimate of drug-likeness (QED) is 0.322. The Morgan fingerprint density at radius 2 is 1.89 bits per heavy atom. The molecular weight excluding hydrogens is 458 g/mol. The van der Waals surface area contributed by atoms with Gasteiger partial charge in [0.15, 0.2) is 0 Å². The summed E-state index contributed by atoms with van der Waals surface area (Å²) in [5, 5.41) is 20.1. The number of nitrogens with one attached hydrogen (secondary N) is 2. The number of anilines is 1. The summed E-state index contributed by atoms with van der Waals surface area (Å²) in [5.74, 6) is -0.471. The van der Waals surface area contributed by atoms with E-state index in [0.29, 0.717) is 29.4 Å². The number of hydrogen-bond donors (Lipinski definition) is 2. The Balaban J connectivity index is 1.41. The first-order chi connectivity index (χ1) is 17.0. The van der Waals surface area contributed by atoms with E-state index in [-0.39, 0.29) is 11.8 Å². The highest BCUT2D eigenvalue weighted by Crippen LogP contribution is 2.30. The predicted octanol–water partition coefficient (Wildman–Crippen LogP) is 5.17. The largest absolute Gasteiger partial charge is 0.325 e. The first-order valence-electron chi connectivity index (χ1n) is 11.4. The molecule has 0 spiro atoms. The summed E-state index contributed by atoms with van der Waals surface area (Å²) in [6.07, 6.45) is 4.46. The third-order valence-corrected chi connectivity index (χ3v) is 6.11. The minimum absolute atomic E-state index is 0.104. The highest BCUT2D eigenvalue weighted by molar-refractivity contribution is 6.33. The van der Waals surface area contributed by atoms with Crippen LogP contribution < -0.4 is 10.6 Å². The molecule has 0 radical (unpaired) electrons. The highest BCUT2D eigenvalue weighted by atomic mass is 35.5. The highest BCUT2D eigenvalue weighted by Gasteiger charge is 2.21. The maximum absolute atomic E-state index is 13.3. The number of rotatable bonds is 9. The fourth-order valence-electron chi connectivity index (χ4n) is 3.89. The lowest BCUT2D eigenvalue weighted by atomic mass is 9.97. The lowest BCUT2D eigenvalue weighted by Crippen LogP contribution is -2.32. The van der Waals surface area contributed by atoms with Crippen molar-refractivity contribution in [2.45, 2.75) is 12.3 Å². The SMILES string of the molecule is Cn1cc(-c2ccc(NC(=O)C(CNCCc3ccc(C#N)cc3)c3ccccc3)cc2Cl)cn1. The molecule has 0 aliphatic rings. The maximum atomic E-state index is 13.3. The topological polar surface area (TPSA) is 82.7 Å². The fraction of sp³-hybridized carbons (Fsp3) is 0.179. The Morgan fingerprint density at radius 1 is 1.11 bits per heavy atom. The molecule has 1 amide bonds. The number of carbonyl (C=O) groups is 1. The average Bonchev–Trinajstić information content (AvgIpc) is 3.30. The molecule has 1 atom stereocenters. The van der Waals surface area contributed by atoms with E-state index in [4.69, 9.17) is 16.9 Å². The van der Waals surface area contributed by atoms with Gasteiger partial charge < -0.3 is 10.6 Å². The van der Waals surface area contributed by atoms with E-state index < -0.39 is 0 Å². The lowest BCUT2D eigenvalue weighted by molar-refractivity contribution is -0.117. The number of aryl methyl sites for hydroxylation is 1. The Labute approximate surface area is 210 Å². The van der Waals surface area contributed by atoms with Gasteiger partial charge >= 0.3 is 0 Å². The van der Waals surface area contributed by atoms with Crippen molar-refractivity contribution in [2.24, 2.45) is 7.05 Å². The van der Waals surface area contributed by atoms with Gasteiger partial charge in [-0.25, -0.2) is 0 Å². The third-order valence-electron chi connectivity index (χ3n) is 5.79. The van der Waals surface area contributed by atoms with Gasteiger partial charge in [-0.1, -0.05) is 60.1 Å². The number of hydrogen-bond acceptors (Lipinski definition) is 4. The normalized spacial score (nSPS) is 11.6. The zero-order valence-electron chi connectivity index (χ0n) is 19.4. The molecule has 0 aliphatic carbocycles. The number of halogens is 1. The molecule has 0 bridgehead atoms. The molecule has 0 fully saturated rings. The van der Waals surface area contributed by atoms with Gasteiger partial charge in [0, 0.05) is 36.6 Å². The molecule has 1 heterocycles. The molecule has 4 rings (SSSR count). The molecule has 35 heavy (non-hydrogen) atoms. The van der Waals surface area contributed by atoms with Gasteiger partial charge in [0.25, 0.3) is 0 Å². The van der Waals surface area contributed by atoms with Gasteiger partial charge in [0.2, 0.25) is 5.91 Å². The zero-order chi connectivity index (χ0) is 24.6. The van der Waals surface area contributed by atoms with E-state index in [2.05, 4.69) is 21.8 Å². The second-order valence-corrected chi connectivity index (χ2v) is 8.72. The van der Waals surface area contributed by atoms with E-state index in [9.17, 15) is 4.79 Å². The van der Waals surface area contributed by atoms with Crippen LogP contribution in [0.2, 0.25) is 5.02 Å². The molecule has 0 saturated carbocycles. The Kier molecular flexibility index (Phi) is 7.94. The summed E-state index contributed by atoms with van der Waals surface area (Å²) in [6.45, 7) is 1.21. The number of benzene rings is 3. The van der Waals surface area contributed by atoms with Crippen LogP contribution in [0.15, 0.2) is 85.2 Å². The molecule has 176 valence electrons. The van der Waals surface area contributed by atoms with Crippen LogP contribution in [0.3, 0.4) is 0 Å². The van der Waals surface area contributed by atoms with Crippen molar-refractivity contribution in [1.29, 1.82) is 5.26 Å². The monoisotopic (exact) mass is 483 g/mol. The molecule has 2 N–H and O–H groups in total. The van der Waals surface area contributed by atoms with Crippen molar-refractivity contribution in [1.82, 2.24) is 15.1 Å². The molecule has 1 aromatic heterocycles. The maximum Gasteiger partial charge on any atom is 0.233 e. The van der Waals surface area contributed by atoms with E-state index in [1.165, 1.54) is 0 Å². The van der Waals surface area contributed by atoms with Crippen molar-refractivity contribution in [3.05, 3.63) is 107 Å². The van der Waals surface area contributed by atoms with E-state index in [0.717, 1.165) is 28.7 Å². The van der Waals surface area contributed by atoms with Crippen LogP contribution in [0.4, 0.5) is 5.69 Å². The van der Waals surface area contributed by atoms with Gasteiger partial charge in [-0.2, -0.15) is 10.4 Å². The summed E-state index contributed by atoms with van der Waals surface area (Å²) in [7, 11) is 1.86. The number of nitrogens with zero attached hydrogens (tertiary/aromatic N) is 3. The van der Waals surface area contributed by atoms with Gasteiger partial charge in [0.1, 0.15) is 0 Å². The summed E-state index contributed by atoms with van der Waals surface area (Å²) in [5.41, 5.74) is 5.16. The molecule has 6 nitrogen and oxygen atoms in total. The van der Waals surface area contributed by atoms with Gasteiger partial charge in [-0.3, -0.25) is 9.48 Å². The Bertz CT molecular complexity index is 1330. The Morgan fingerprint density at radius 3 is 2.54 bits per heavy atom. The second-order valence-electron chi connectivity index (χ2n) is 8.31. The molecule has 7 heteroatoms. The van der Waals surface area contributed by atoms with Crippen molar-refractivity contribution in [3.8, 4) is 17.2 Å². The van der Waals surface area contributed by atoms with Crippen LogP contribution in [-0.4, -0.2) is 28.8 Å². The van der Waals surface area contributed by atoms with Crippen molar-refractivity contribution in [3.63, 3.8) is 0 Å². The molecular formula is C28H26ClN5O. The fourth-order valence-corrected chi connectivity index (χ4v) is 4.18. The lowest BCUT2D eigenvalue weighted by Gasteiger charge is -2.18. The van der Waals surface area contributed by atoms with Gasteiger partial charge in [-0.15, -0.1) is 0 Å². The van der Waals surface area contributed by atoms with Crippen molar-refractivity contribution < 1.29 is 4.79 Å². The third kappa shape index (κ3) is 6.36. The van der Waals surface area contributed by atoms with Crippen LogP contribution >= 0.6 is 11.6 Å². The van der Waals surface area contributed by atoms with E-state index >= 15 is 0 Å². The first kappa shape index (κ1) is 24.2. The molecule has 1 unspecified atom stereocenters. The number of aromatic nitrogens is 2. The van der Waals surface area contributed by atoms with Crippen LogP contribution in [0.1, 0.15) is 22.6 Å². The van der Waals surface area contributed by atoms with Crippen LogP contribution in [0, 0.1) is 11.3 Å². The first-order valence-corrected chi connectivity index (χ1v) is 11.8.